The van der Waals surface area contributed by atoms with Gasteiger partial charge in [0.15, 0.2) is 6.10 Å². The molecule has 39 heavy (non-hydrogen) atoms. The van der Waals surface area contributed by atoms with Crippen molar-refractivity contribution >= 4 is 27.8 Å². The normalized spacial score (nSPS) is 19.3. The number of aliphatic carboxylic acids is 1. The second-order valence-corrected chi connectivity index (χ2v) is 14.0. The highest BCUT2D eigenvalue weighted by molar-refractivity contribution is 8.01. The second kappa shape index (κ2) is 12.7. The maximum absolute atomic E-state index is 12.9. The fourth-order valence-corrected chi connectivity index (χ4v) is 8.46. The van der Waals surface area contributed by atoms with Crippen LogP contribution in [0.4, 0.5) is 0 Å². The molecule has 0 aliphatic carbocycles. The van der Waals surface area contributed by atoms with Crippen molar-refractivity contribution in [1.82, 2.24) is 4.31 Å². The SMILES string of the molecule is CC(C)C[C@@H](OC[C@@H]1C[C@@H](SC(c2ccccc2)(c2ccccc2)c2ccccc2)CN1S(C)(=O)=O)C(=O)O. The number of carbonyl (C=O) groups is 1. The van der Waals surface area contributed by atoms with Gasteiger partial charge in [-0.1, -0.05) is 105 Å². The fourth-order valence-electron chi connectivity index (χ4n) is 5.36. The minimum Gasteiger partial charge on any atom is -0.479 e. The zero-order valence-electron chi connectivity index (χ0n) is 22.6. The number of benzene rings is 3. The summed E-state index contributed by atoms with van der Waals surface area (Å²) in [6, 6.07) is 30.5. The summed E-state index contributed by atoms with van der Waals surface area (Å²) in [4.78, 5) is 11.8. The lowest BCUT2D eigenvalue weighted by molar-refractivity contribution is -0.152. The molecule has 4 rings (SSSR count). The number of ether oxygens (including phenoxy) is 1. The van der Waals surface area contributed by atoms with E-state index in [1.165, 1.54) is 10.6 Å². The van der Waals surface area contributed by atoms with E-state index in [-0.39, 0.29) is 17.8 Å². The Morgan fingerprint density at radius 3 is 1.79 bits per heavy atom. The summed E-state index contributed by atoms with van der Waals surface area (Å²) < 4.78 is 32.5. The first-order valence-corrected chi connectivity index (χ1v) is 16.0. The Morgan fingerprint density at radius 2 is 1.41 bits per heavy atom. The Morgan fingerprint density at radius 1 is 0.949 bits per heavy atom. The van der Waals surface area contributed by atoms with Gasteiger partial charge in [-0.05, 0) is 35.4 Å². The molecule has 8 heteroatoms. The van der Waals surface area contributed by atoms with Gasteiger partial charge in [0.1, 0.15) is 0 Å². The molecule has 0 amide bonds. The van der Waals surface area contributed by atoms with E-state index < -0.39 is 32.9 Å². The van der Waals surface area contributed by atoms with Gasteiger partial charge >= 0.3 is 5.97 Å². The summed E-state index contributed by atoms with van der Waals surface area (Å²) in [6.07, 6.45) is 1.18. The average molecular weight is 568 g/mol. The molecule has 1 N–H and O–H groups in total. The Hall–Kier alpha value is -2.65. The molecular weight excluding hydrogens is 530 g/mol. The van der Waals surface area contributed by atoms with Gasteiger partial charge in [-0.3, -0.25) is 0 Å². The van der Waals surface area contributed by atoms with Crippen molar-refractivity contribution in [2.45, 2.75) is 48.8 Å². The predicted molar refractivity (Wildman–Crippen MR) is 157 cm³/mol. The molecule has 0 bridgehead atoms. The third-order valence-electron chi connectivity index (χ3n) is 7.09. The van der Waals surface area contributed by atoms with Crippen LogP contribution in [0, 0.1) is 5.92 Å². The zero-order valence-corrected chi connectivity index (χ0v) is 24.3. The summed E-state index contributed by atoms with van der Waals surface area (Å²) in [6.45, 7) is 4.26. The van der Waals surface area contributed by atoms with Crippen LogP contribution in [0.15, 0.2) is 91.0 Å². The molecule has 1 heterocycles. The van der Waals surface area contributed by atoms with E-state index in [9.17, 15) is 18.3 Å². The minimum absolute atomic E-state index is 0.0445. The summed E-state index contributed by atoms with van der Waals surface area (Å²) in [5.41, 5.74) is 3.34. The maximum atomic E-state index is 12.9. The molecule has 1 saturated heterocycles. The largest absolute Gasteiger partial charge is 0.479 e. The zero-order chi connectivity index (χ0) is 28.0. The third-order valence-corrected chi connectivity index (χ3v) is 10.1. The number of rotatable bonds is 12. The second-order valence-electron chi connectivity index (χ2n) is 10.5. The molecule has 0 aromatic heterocycles. The van der Waals surface area contributed by atoms with Crippen molar-refractivity contribution in [3.8, 4) is 0 Å². The Balaban J connectivity index is 1.71. The highest BCUT2D eigenvalue weighted by Gasteiger charge is 2.45. The van der Waals surface area contributed by atoms with Gasteiger partial charge in [0.2, 0.25) is 10.0 Å². The quantitative estimate of drug-likeness (QED) is 0.286. The lowest BCUT2D eigenvalue weighted by Crippen LogP contribution is -2.39. The molecule has 3 aromatic rings. The minimum atomic E-state index is -3.53. The number of sulfonamides is 1. The third kappa shape index (κ3) is 6.92. The van der Waals surface area contributed by atoms with Crippen LogP contribution < -0.4 is 0 Å². The number of carboxylic acids is 1. The first-order valence-electron chi connectivity index (χ1n) is 13.3. The van der Waals surface area contributed by atoms with Gasteiger partial charge in [-0.2, -0.15) is 4.31 Å². The first kappa shape index (κ1) is 29.3. The summed E-state index contributed by atoms with van der Waals surface area (Å²) in [7, 11) is -3.53. The standard InChI is InChI=1S/C31H37NO5S2/c1-23(2)19-29(30(33)34)37-22-27-20-28(21-32(27)39(3,35)36)38-31(24-13-7-4-8-14-24,25-15-9-5-10-16-25)26-17-11-6-12-18-26/h4-18,23,27-29H,19-22H2,1-3H3,(H,33,34)/t27-,28+,29+/m0/s1. The van der Waals surface area contributed by atoms with Gasteiger partial charge in [0.05, 0.1) is 17.6 Å². The molecule has 1 aliphatic heterocycles. The van der Waals surface area contributed by atoms with Crippen LogP contribution in [-0.2, 0) is 24.3 Å². The van der Waals surface area contributed by atoms with Gasteiger partial charge in [-0.25, -0.2) is 13.2 Å². The van der Waals surface area contributed by atoms with Crippen LogP contribution in [0.25, 0.3) is 0 Å². The van der Waals surface area contributed by atoms with Crippen molar-refractivity contribution in [2.24, 2.45) is 5.92 Å². The van der Waals surface area contributed by atoms with E-state index in [1.54, 1.807) is 11.8 Å². The highest BCUT2D eigenvalue weighted by Crippen LogP contribution is 2.52. The van der Waals surface area contributed by atoms with Crippen molar-refractivity contribution in [1.29, 1.82) is 0 Å². The van der Waals surface area contributed by atoms with Crippen LogP contribution in [0.1, 0.15) is 43.4 Å². The molecule has 3 atom stereocenters. The molecule has 3 aromatic carbocycles. The van der Waals surface area contributed by atoms with E-state index in [2.05, 4.69) is 36.4 Å². The van der Waals surface area contributed by atoms with Gasteiger partial charge < -0.3 is 9.84 Å². The van der Waals surface area contributed by atoms with Crippen LogP contribution in [0.3, 0.4) is 0 Å². The molecule has 208 valence electrons. The predicted octanol–water partition coefficient (Wildman–Crippen LogP) is 5.63. The van der Waals surface area contributed by atoms with E-state index in [0.717, 1.165) is 16.7 Å². The molecule has 0 radical (unpaired) electrons. The highest BCUT2D eigenvalue weighted by atomic mass is 32.2. The Bertz CT molecular complexity index is 1220. The lowest BCUT2D eigenvalue weighted by Gasteiger charge is -2.37. The van der Waals surface area contributed by atoms with E-state index >= 15 is 0 Å². The van der Waals surface area contributed by atoms with Gasteiger partial charge in [0, 0.05) is 17.8 Å². The van der Waals surface area contributed by atoms with Crippen LogP contribution in [0.5, 0.6) is 0 Å². The molecule has 1 aliphatic rings. The first-order chi connectivity index (χ1) is 18.6. The van der Waals surface area contributed by atoms with Crippen molar-refractivity contribution in [3.63, 3.8) is 0 Å². The number of hydrogen-bond acceptors (Lipinski definition) is 5. The average Bonchev–Trinajstić information content (AvgIpc) is 3.34. The molecule has 0 saturated carbocycles. The van der Waals surface area contributed by atoms with E-state index in [1.807, 2.05) is 68.4 Å². The summed E-state index contributed by atoms with van der Waals surface area (Å²) >= 11 is 1.76. The number of thioether (sulfide) groups is 1. The topological polar surface area (TPSA) is 83.9 Å². The van der Waals surface area contributed by atoms with Gasteiger partial charge in [-0.15, -0.1) is 11.8 Å². The van der Waals surface area contributed by atoms with Crippen LogP contribution >= 0.6 is 11.8 Å². The van der Waals surface area contributed by atoms with Gasteiger partial charge in [0.25, 0.3) is 0 Å². The molecule has 6 nitrogen and oxygen atoms in total. The number of nitrogens with zero attached hydrogens (tertiary/aromatic N) is 1. The van der Waals surface area contributed by atoms with Crippen molar-refractivity contribution in [2.75, 3.05) is 19.4 Å². The summed E-state index contributed by atoms with van der Waals surface area (Å²) in [5, 5.41) is 9.59. The molecular formula is C31H37NO5S2. The number of carboxylic acid groups (broad SMARTS) is 1. The molecule has 1 fully saturated rings. The fraction of sp³-hybridized carbons (Fsp3) is 0.387. The van der Waals surface area contributed by atoms with Crippen LogP contribution in [0.2, 0.25) is 0 Å². The lowest BCUT2D eigenvalue weighted by atomic mass is 9.84. The van der Waals surface area contributed by atoms with Crippen molar-refractivity contribution < 1.29 is 23.1 Å². The summed E-state index contributed by atoms with van der Waals surface area (Å²) in [5.74, 6) is -0.873. The Labute approximate surface area is 236 Å². The van der Waals surface area contributed by atoms with E-state index in [4.69, 9.17) is 4.74 Å². The molecule has 0 unspecified atom stereocenters. The Kier molecular flexibility index (Phi) is 9.54. The molecule has 0 spiro atoms. The number of hydrogen-bond donors (Lipinski definition) is 1. The van der Waals surface area contributed by atoms with Crippen LogP contribution in [-0.4, -0.2) is 60.6 Å². The smallest absolute Gasteiger partial charge is 0.332 e. The van der Waals surface area contributed by atoms with Crippen molar-refractivity contribution in [3.05, 3.63) is 108 Å². The van der Waals surface area contributed by atoms with E-state index in [0.29, 0.717) is 19.4 Å². The maximum Gasteiger partial charge on any atom is 0.332 e. The monoisotopic (exact) mass is 567 g/mol.